The first-order chi connectivity index (χ1) is 13.1. The van der Waals surface area contributed by atoms with E-state index in [0.29, 0.717) is 19.4 Å². The van der Waals surface area contributed by atoms with E-state index < -0.39 is 0 Å². The molecule has 1 atom stereocenters. The van der Waals surface area contributed by atoms with Crippen molar-refractivity contribution in [3.8, 4) is 11.3 Å². The molecule has 27 heavy (non-hydrogen) atoms. The molecule has 0 aliphatic carbocycles. The molecule has 7 nitrogen and oxygen atoms in total. The molecule has 0 saturated carbocycles. The van der Waals surface area contributed by atoms with Crippen LogP contribution in [0.5, 0.6) is 0 Å². The highest BCUT2D eigenvalue weighted by atomic mass is 16.5. The minimum atomic E-state index is -0.0139. The van der Waals surface area contributed by atoms with Gasteiger partial charge in [0, 0.05) is 55.8 Å². The number of Topliss-reactive ketones (excluding diaryl/α,β-unsaturated/α-hetero) is 1. The van der Waals surface area contributed by atoms with Crippen LogP contribution in [-0.4, -0.2) is 63.5 Å². The third kappa shape index (κ3) is 4.20. The molecule has 0 radical (unpaired) electrons. The molecule has 0 amide bonds. The summed E-state index contributed by atoms with van der Waals surface area (Å²) in [5.41, 5.74) is 2.61. The number of pyridine rings is 1. The van der Waals surface area contributed by atoms with E-state index in [1.165, 1.54) is 0 Å². The Kier molecular flexibility index (Phi) is 4.96. The molecule has 7 heteroatoms. The van der Waals surface area contributed by atoms with Crippen LogP contribution in [0.2, 0.25) is 0 Å². The maximum Gasteiger partial charge on any atom is 0.141 e. The van der Waals surface area contributed by atoms with Crippen molar-refractivity contribution in [3.05, 3.63) is 42.4 Å². The number of morpholine rings is 1. The summed E-state index contributed by atoms with van der Waals surface area (Å²) in [4.78, 5) is 19.1. The third-order valence-electron chi connectivity index (χ3n) is 4.85. The van der Waals surface area contributed by atoms with Crippen molar-refractivity contribution < 1.29 is 9.53 Å². The molecular formula is C20H23N5O2. The molecule has 1 aromatic carbocycles. The Labute approximate surface area is 157 Å². The number of rotatable bonds is 5. The van der Waals surface area contributed by atoms with Gasteiger partial charge < -0.3 is 9.64 Å². The first kappa shape index (κ1) is 17.8. The Bertz CT molecular complexity index is 968. The minimum absolute atomic E-state index is 0.0139. The number of aromatic nitrogens is 4. The number of hydrogen-bond donors (Lipinski definition) is 0. The zero-order valence-electron chi connectivity index (χ0n) is 15.6. The molecule has 4 rings (SSSR count). The van der Waals surface area contributed by atoms with Crippen LogP contribution in [0, 0.1) is 0 Å². The van der Waals surface area contributed by atoms with Crippen molar-refractivity contribution in [2.24, 2.45) is 7.05 Å². The lowest BCUT2D eigenvalue weighted by molar-refractivity contribution is -0.123. The molecule has 3 heterocycles. The summed E-state index contributed by atoms with van der Waals surface area (Å²) >= 11 is 0. The first-order valence-corrected chi connectivity index (χ1v) is 9.14. The number of likely N-dealkylation sites (N-methyl/N-ethyl adjacent to an activating group) is 1. The Hall–Kier alpha value is -2.64. The number of benzene rings is 1. The van der Waals surface area contributed by atoms with Crippen molar-refractivity contribution >= 4 is 16.6 Å². The zero-order chi connectivity index (χ0) is 18.8. The fourth-order valence-corrected chi connectivity index (χ4v) is 3.44. The van der Waals surface area contributed by atoms with Gasteiger partial charge in [-0.25, -0.2) is 0 Å². The number of hydrogen-bond acceptors (Lipinski definition) is 6. The number of aryl methyl sites for hydroxylation is 1. The van der Waals surface area contributed by atoms with Gasteiger partial charge in [0.25, 0.3) is 0 Å². The number of fused-ring (bicyclic) bond motifs is 1. The normalized spacial score (nSPS) is 18.1. The molecule has 0 N–H and O–H groups in total. The van der Waals surface area contributed by atoms with Gasteiger partial charge in [-0.1, -0.05) is 17.3 Å². The molecule has 1 aliphatic heterocycles. The fourth-order valence-electron chi connectivity index (χ4n) is 3.44. The number of ketones is 1. The highest BCUT2D eigenvalue weighted by molar-refractivity contribution is 5.88. The van der Waals surface area contributed by atoms with Gasteiger partial charge >= 0.3 is 0 Å². The Morgan fingerprint density at radius 3 is 2.93 bits per heavy atom. The van der Waals surface area contributed by atoms with Gasteiger partial charge in [-0.3, -0.25) is 14.5 Å². The molecule has 140 valence electrons. The van der Waals surface area contributed by atoms with Crippen LogP contribution < -0.4 is 0 Å². The molecule has 0 spiro atoms. The largest absolute Gasteiger partial charge is 0.375 e. The van der Waals surface area contributed by atoms with Crippen LogP contribution in [-0.2, 0) is 23.0 Å². The summed E-state index contributed by atoms with van der Waals surface area (Å²) in [6, 6.07) is 8.08. The Balaban J connectivity index is 1.49. The second kappa shape index (κ2) is 7.54. The van der Waals surface area contributed by atoms with Crippen LogP contribution in [0.1, 0.15) is 12.1 Å². The van der Waals surface area contributed by atoms with Crippen molar-refractivity contribution in [2.45, 2.75) is 18.9 Å². The van der Waals surface area contributed by atoms with E-state index in [0.717, 1.165) is 40.8 Å². The minimum Gasteiger partial charge on any atom is -0.375 e. The van der Waals surface area contributed by atoms with Gasteiger partial charge in [-0.05, 0) is 24.6 Å². The second-order valence-corrected chi connectivity index (χ2v) is 7.19. The maximum atomic E-state index is 12.5. The van der Waals surface area contributed by atoms with Crippen LogP contribution in [0.15, 0.2) is 36.7 Å². The Morgan fingerprint density at radius 2 is 2.15 bits per heavy atom. The Morgan fingerprint density at radius 1 is 1.26 bits per heavy atom. The van der Waals surface area contributed by atoms with E-state index in [1.807, 2.05) is 37.6 Å². The monoisotopic (exact) mass is 365 g/mol. The molecule has 1 aliphatic rings. The lowest BCUT2D eigenvalue weighted by Gasteiger charge is -2.29. The number of nitrogens with zero attached hydrogens (tertiary/aromatic N) is 5. The van der Waals surface area contributed by atoms with Crippen LogP contribution in [0.4, 0.5) is 0 Å². The number of carbonyl (C=O) groups is 1. The highest BCUT2D eigenvalue weighted by Crippen LogP contribution is 2.23. The first-order valence-electron chi connectivity index (χ1n) is 9.14. The van der Waals surface area contributed by atoms with Crippen LogP contribution in [0.25, 0.3) is 22.0 Å². The average molecular weight is 365 g/mol. The van der Waals surface area contributed by atoms with E-state index in [1.54, 1.807) is 4.68 Å². The molecule has 1 fully saturated rings. The van der Waals surface area contributed by atoms with E-state index >= 15 is 0 Å². The van der Waals surface area contributed by atoms with Crippen molar-refractivity contribution in [3.63, 3.8) is 0 Å². The van der Waals surface area contributed by atoms with Crippen LogP contribution in [0.3, 0.4) is 0 Å². The lowest BCUT2D eigenvalue weighted by atomic mass is 10.0. The van der Waals surface area contributed by atoms with E-state index in [-0.39, 0.29) is 11.9 Å². The molecule has 3 aromatic rings. The maximum absolute atomic E-state index is 12.5. The molecule has 1 saturated heterocycles. The van der Waals surface area contributed by atoms with E-state index in [9.17, 15) is 4.79 Å². The van der Waals surface area contributed by atoms with Crippen molar-refractivity contribution in [1.82, 2.24) is 24.9 Å². The van der Waals surface area contributed by atoms with Crippen molar-refractivity contribution in [2.75, 3.05) is 26.7 Å². The average Bonchev–Trinajstić information content (AvgIpc) is 3.07. The summed E-state index contributed by atoms with van der Waals surface area (Å²) in [7, 11) is 3.90. The fraction of sp³-hybridized carbons (Fsp3) is 0.400. The number of ether oxygens (including phenoxy) is 1. The zero-order valence-corrected chi connectivity index (χ0v) is 15.6. The SMILES string of the molecule is CN1CCOC(CC(=O)Cc2cc3cc(-c4cn(C)nn4)ccc3cn2)C1. The predicted molar refractivity (Wildman–Crippen MR) is 102 cm³/mol. The van der Waals surface area contributed by atoms with E-state index in [4.69, 9.17) is 4.74 Å². The van der Waals surface area contributed by atoms with Gasteiger partial charge in [-0.15, -0.1) is 5.10 Å². The summed E-state index contributed by atoms with van der Waals surface area (Å²) in [6.45, 7) is 2.41. The van der Waals surface area contributed by atoms with Gasteiger partial charge in [0.2, 0.25) is 0 Å². The quantitative estimate of drug-likeness (QED) is 0.687. The third-order valence-corrected chi connectivity index (χ3v) is 4.85. The van der Waals surface area contributed by atoms with Gasteiger partial charge in [0.15, 0.2) is 0 Å². The lowest BCUT2D eigenvalue weighted by Crippen LogP contribution is -2.41. The standard InChI is InChI=1S/C20H23N5O2/c1-24-5-6-27-19(12-24)10-18(26)9-17-8-16-7-14(3-4-15(16)11-21-17)20-13-25(2)23-22-20/h3-4,7-8,11,13,19H,5-6,9-10,12H2,1-2H3. The van der Waals surface area contributed by atoms with Crippen molar-refractivity contribution in [1.29, 1.82) is 0 Å². The highest BCUT2D eigenvalue weighted by Gasteiger charge is 2.21. The summed E-state index contributed by atoms with van der Waals surface area (Å²) in [6.07, 6.45) is 4.45. The summed E-state index contributed by atoms with van der Waals surface area (Å²) in [5, 5.41) is 10.2. The summed E-state index contributed by atoms with van der Waals surface area (Å²) in [5.74, 6) is 0.159. The topological polar surface area (TPSA) is 73.1 Å². The molecule has 0 bridgehead atoms. The molecule has 2 aromatic heterocycles. The molecule has 1 unspecified atom stereocenters. The predicted octanol–water partition coefficient (Wildman–Crippen LogP) is 1.86. The molecular weight excluding hydrogens is 342 g/mol. The van der Waals surface area contributed by atoms with Gasteiger partial charge in [0.05, 0.1) is 18.9 Å². The van der Waals surface area contributed by atoms with Gasteiger partial charge in [-0.2, -0.15) is 0 Å². The summed E-state index contributed by atoms with van der Waals surface area (Å²) < 4.78 is 7.38. The number of carbonyl (C=O) groups excluding carboxylic acids is 1. The van der Waals surface area contributed by atoms with Crippen LogP contribution >= 0.6 is 0 Å². The second-order valence-electron chi connectivity index (χ2n) is 7.19. The smallest absolute Gasteiger partial charge is 0.141 e. The van der Waals surface area contributed by atoms with E-state index in [2.05, 4.69) is 33.3 Å². The van der Waals surface area contributed by atoms with Gasteiger partial charge in [0.1, 0.15) is 11.5 Å².